The molecule has 0 amide bonds. The van der Waals surface area contributed by atoms with Crippen molar-refractivity contribution in [3.8, 4) is 5.69 Å². The minimum atomic E-state index is -0.815. The maximum atomic E-state index is 10.2. The lowest BCUT2D eigenvalue weighted by molar-refractivity contribution is -0.0998. The Kier molecular flexibility index (Phi) is 4.09. The van der Waals surface area contributed by atoms with Gasteiger partial charge in [0.1, 0.15) is 12.2 Å². The van der Waals surface area contributed by atoms with Crippen LogP contribution in [0.1, 0.15) is 6.42 Å². The number of benzene rings is 1. The van der Waals surface area contributed by atoms with Crippen LogP contribution in [0.15, 0.2) is 30.3 Å². The molecule has 21 heavy (non-hydrogen) atoms. The first-order chi connectivity index (χ1) is 10.3. The van der Waals surface area contributed by atoms with Gasteiger partial charge in [0.15, 0.2) is 0 Å². The third kappa shape index (κ3) is 2.87. The number of hydrogen-bond acceptors (Lipinski definition) is 7. The zero-order valence-corrected chi connectivity index (χ0v) is 11.3. The lowest BCUT2D eigenvalue weighted by atomic mass is 10.0. The average Bonchev–Trinajstić information content (AvgIpc) is 2.98. The second-order valence-electron chi connectivity index (χ2n) is 4.87. The third-order valence-electron chi connectivity index (χ3n) is 3.52. The molecule has 2 heterocycles. The number of ether oxygens (including phenoxy) is 1. The summed E-state index contributed by atoms with van der Waals surface area (Å²) in [6.07, 6.45) is -0.791. The molecule has 0 radical (unpaired) electrons. The lowest BCUT2D eigenvalue weighted by Gasteiger charge is -2.34. The molecule has 1 aliphatic rings. The van der Waals surface area contributed by atoms with Gasteiger partial charge in [-0.2, -0.15) is 4.68 Å². The van der Waals surface area contributed by atoms with E-state index in [-0.39, 0.29) is 12.6 Å². The first-order valence-corrected chi connectivity index (χ1v) is 6.80. The molecule has 112 valence electrons. The zero-order valence-electron chi connectivity index (χ0n) is 11.3. The highest BCUT2D eigenvalue weighted by Crippen LogP contribution is 2.19. The summed E-state index contributed by atoms with van der Waals surface area (Å²) in [7, 11) is 0. The predicted octanol–water partition coefficient (Wildman–Crippen LogP) is -0.415. The van der Waals surface area contributed by atoms with E-state index in [0.29, 0.717) is 19.0 Å². The van der Waals surface area contributed by atoms with Crippen LogP contribution in [-0.4, -0.2) is 61.9 Å². The second kappa shape index (κ2) is 6.17. The lowest BCUT2D eigenvalue weighted by Crippen LogP contribution is -2.50. The van der Waals surface area contributed by atoms with Crippen molar-refractivity contribution in [1.29, 1.82) is 0 Å². The standard InChI is InChI=1S/C13H17N5O3/c19-8-11-12(20)10(6-7-21-11)14-13-15-16-17-18(13)9-4-2-1-3-5-9/h1-5,10-12,19-20H,6-8H2,(H,14,15,17)/t10-,11+,12-/m0/s1. The van der Waals surface area contributed by atoms with E-state index in [2.05, 4.69) is 20.8 Å². The van der Waals surface area contributed by atoms with Crippen LogP contribution < -0.4 is 5.32 Å². The van der Waals surface area contributed by atoms with Gasteiger partial charge < -0.3 is 20.3 Å². The number of aliphatic hydroxyl groups excluding tert-OH is 2. The van der Waals surface area contributed by atoms with Gasteiger partial charge in [-0.05, 0) is 29.0 Å². The first-order valence-electron chi connectivity index (χ1n) is 6.80. The quantitative estimate of drug-likeness (QED) is 0.703. The van der Waals surface area contributed by atoms with E-state index in [1.165, 1.54) is 0 Å². The van der Waals surface area contributed by atoms with Gasteiger partial charge in [0.05, 0.1) is 18.3 Å². The summed E-state index contributed by atoms with van der Waals surface area (Å²) in [4.78, 5) is 0. The van der Waals surface area contributed by atoms with Gasteiger partial charge in [-0.3, -0.25) is 0 Å². The number of anilines is 1. The molecule has 3 atom stereocenters. The van der Waals surface area contributed by atoms with Gasteiger partial charge in [-0.25, -0.2) is 0 Å². The van der Waals surface area contributed by atoms with Crippen LogP contribution in [0.25, 0.3) is 5.69 Å². The van der Waals surface area contributed by atoms with Crippen molar-refractivity contribution in [3.63, 3.8) is 0 Å². The Morgan fingerprint density at radius 3 is 2.90 bits per heavy atom. The number of para-hydroxylation sites is 1. The van der Waals surface area contributed by atoms with Crippen molar-refractivity contribution in [2.24, 2.45) is 0 Å². The molecule has 0 aliphatic carbocycles. The smallest absolute Gasteiger partial charge is 0.248 e. The number of rotatable bonds is 4. The van der Waals surface area contributed by atoms with Crippen LogP contribution in [-0.2, 0) is 4.74 Å². The van der Waals surface area contributed by atoms with E-state index in [1.54, 1.807) is 4.68 Å². The third-order valence-corrected chi connectivity index (χ3v) is 3.52. The van der Waals surface area contributed by atoms with Gasteiger partial charge in [0.2, 0.25) is 5.95 Å². The highest BCUT2D eigenvalue weighted by atomic mass is 16.5. The minimum absolute atomic E-state index is 0.219. The van der Waals surface area contributed by atoms with Gasteiger partial charge in [-0.1, -0.05) is 23.3 Å². The number of aliphatic hydroxyl groups is 2. The molecule has 1 aromatic heterocycles. The van der Waals surface area contributed by atoms with Crippen LogP contribution in [0.5, 0.6) is 0 Å². The number of nitrogens with one attached hydrogen (secondary N) is 1. The number of hydrogen-bond donors (Lipinski definition) is 3. The molecule has 0 saturated carbocycles. The fourth-order valence-electron chi connectivity index (χ4n) is 2.38. The Morgan fingerprint density at radius 2 is 2.14 bits per heavy atom. The van der Waals surface area contributed by atoms with Crippen LogP contribution in [0, 0.1) is 0 Å². The molecule has 1 fully saturated rings. The van der Waals surface area contributed by atoms with E-state index in [0.717, 1.165) is 5.69 Å². The number of nitrogens with zero attached hydrogens (tertiary/aromatic N) is 4. The molecule has 0 unspecified atom stereocenters. The van der Waals surface area contributed by atoms with Crippen molar-refractivity contribution in [2.75, 3.05) is 18.5 Å². The van der Waals surface area contributed by atoms with Crippen molar-refractivity contribution in [1.82, 2.24) is 20.2 Å². The highest BCUT2D eigenvalue weighted by Gasteiger charge is 2.33. The fourth-order valence-corrected chi connectivity index (χ4v) is 2.38. The normalized spacial score (nSPS) is 25.7. The van der Waals surface area contributed by atoms with E-state index in [4.69, 9.17) is 4.74 Å². The van der Waals surface area contributed by atoms with E-state index < -0.39 is 12.2 Å². The summed E-state index contributed by atoms with van der Waals surface area (Å²) in [5.74, 6) is 0.448. The summed E-state index contributed by atoms with van der Waals surface area (Å²) in [5.41, 5.74) is 0.824. The molecule has 2 aromatic rings. The van der Waals surface area contributed by atoms with Gasteiger partial charge in [0.25, 0.3) is 0 Å². The summed E-state index contributed by atoms with van der Waals surface area (Å²) >= 11 is 0. The molecular weight excluding hydrogens is 274 g/mol. The van der Waals surface area contributed by atoms with Gasteiger partial charge in [0, 0.05) is 6.61 Å². The van der Waals surface area contributed by atoms with E-state index >= 15 is 0 Å². The van der Waals surface area contributed by atoms with Crippen molar-refractivity contribution >= 4 is 5.95 Å². The Bertz CT molecular complexity index is 576. The Balaban J connectivity index is 1.78. The average molecular weight is 291 g/mol. The van der Waals surface area contributed by atoms with Crippen LogP contribution in [0.3, 0.4) is 0 Å². The molecular formula is C13H17N5O3. The predicted molar refractivity (Wildman–Crippen MR) is 74.0 cm³/mol. The Hall–Kier alpha value is -2.03. The summed E-state index contributed by atoms with van der Waals surface area (Å²) in [5, 5.41) is 34.0. The first kappa shape index (κ1) is 13.9. The molecule has 1 aliphatic heterocycles. The van der Waals surface area contributed by atoms with E-state index in [1.807, 2.05) is 30.3 Å². The van der Waals surface area contributed by atoms with Gasteiger partial charge in [-0.15, -0.1) is 0 Å². The molecule has 3 rings (SSSR count). The van der Waals surface area contributed by atoms with Gasteiger partial charge >= 0.3 is 0 Å². The Labute approximate surface area is 121 Å². The number of aromatic nitrogens is 4. The molecule has 0 spiro atoms. The molecule has 0 bridgehead atoms. The molecule has 3 N–H and O–H groups in total. The summed E-state index contributed by atoms with van der Waals surface area (Å²) in [6.45, 7) is 0.246. The number of tetrazole rings is 1. The molecule has 1 aromatic carbocycles. The molecule has 1 saturated heterocycles. The minimum Gasteiger partial charge on any atom is -0.394 e. The highest BCUT2D eigenvalue weighted by molar-refractivity contribution is 5.39. The monoisotopic (exact) mass is 291 g/mol. The topological polar surface area (TPSA) is 105 Å². The molecule has 8 heteroatoms. The second-order valence-corrected chi connectivity index (χ2v) is 4.87. The van der Waals surface area contributed by atoms with E-state index in [9.17, 15) is 10.2 Å². The maximum absolute atomic E-state index is 10.2. The Morgan fingerprint density at radius 1 is 1.33 bits per heavy atom. The summed E-state index contributed by atoms with van der Waals surface area (Å²) < 4.78 is 6.87. The summed E-state index contributed by atoms with van der Waals surface area (Å²) in [6, 6.07) is 9.20. The fraction of sp³-hybridized carbons (Fsp3) is 0.462. The maximum Gasteiger partial charge on any atom is 0.248 e. The largest absolute Gasteiger partial charge is 0.394 e. The SMILES string of the molecule is OC[C@H]1OCC[C@H](Nc2nnnn2-c2ccccc2)[C@@H]1O. The van der Waals surface area contributed by atoms with Crippen LogP contribution in [0.2, 0.25) is 0 Å². The van der Waals surface area contributed by atoms with Crippen molar-refractivity contribution in [3.05, 3.63) is 30.3 Å². The molecule has 8 nitrogen and oxygen atoms in total. The van der Waals surface area contributed by atoms with Crippen LogP contribution in [0.4, 0.5) is 5.95 Å². The van der Waals surface area contributed by atoms with Crippen molar-refractivity contribution in [2.45, 2.75) is 24.7 Å². The van der Waals surface area contributed by atoms with Crippen LogP contribution >= 0.6 is 0 Å². The van der Waals surface area contributed by atoms with Crippen molar-refractivity contribution < 1.29 is 14.9 Å². The zero-order chi connectivity index (χ0) is 14.7.